The average molecular weight is 499 g/mol. The Morgan fingerprint density at radius 1 is 0.882 bits per heavy atom. The molecule has 9 heteroatoms. The minimum absolute atomic E-state index is 0.153. The van der Waals surface area contributed by atoms with Gasteiger partial charge in [0.05, 0.1) is 27.2 Å². The quantitative estimate of drug-likeness (QED) is 0.273. The molecule has 2 aromatic carbocycles. The number of alkyl halides is 3. The Morgan fingerprint density at radius 2 is 1.59 bits per heavy atom. The van der Waals surface area contributed by atoms with Crippen LogP contribution in [0.4, 0.5) is 13.2 Å². The van der Waals surface area contributed by atoms with Crippen LogP contribution < -0.4 is 0 Å². The molecule has 0 N–H and O–H groups in total. The van der Waals surface area contributed by atoms with Crippen LogP contribution in [0.5, 0.6) is 0 Å². The van der Waals surface area contributed by atoms with Crippen molar-refractivity contribution < 1.29 is 21.6 Å². The van der Waals surface area contributed by atoms with Crippen molar-refractivity contribution in [3.63, 3.8) is 0 Å². The Morgan fingerprint density at radius 3 is 2.29 bits per heavy atom. The topological polar surface area (TPSA) is 51.4 Å². The van der Waals surface area contributed by atoms with Crippen LogP contribution in [-0.2, 0) is 16.0 Å². The van der Waals surface area contributed by atoms with E-state index in [0.29, 0.717) is 10.5 Å². The fourth-order valence-corrected chi connectivity index (χ4v) is 5.49. The number of hydrogen-bond acceptors (Lipinski definition) is 4. The highest BCUT2D eigenvalue weighted by atomic mass is 32.2. The number of fused-ring (bicyclic) bond motifs is 1. The highest BCUT2D eigenvalue weighted by molar-refractivity contribution is 7.90. The second kappa shape index (κ2) is 8.11. The second-order valence-corrected chi connectivity index (χ2v) is 10.9. The number of rotatable bonds is 4. The predicted molar refractivity (Wildman–Crippen MR) is 127 cm³/mol. The van der Waals surface area contributed by atoms with Gasteiger partial charge >= 0.3 is 6.18 Å². The Hall–Kier alpha value is -3.43. The van der Waals surface area contributed by atoms with E-state index in [4.69, 9.17) is 0 Å². The normalized spacial score (nSPS) is 12.4. The van der Waals surface area contributed by atoms with Gasteiger partial charge in [-0.3, -0.25) is 4.40 Å². The summed E-state index contributed by atoms with van der Waals surface area (Å²) in [5.74, 6) is 0. The van der Waals surface area contributed by atoms with Crippen molar-refractivity contribution in [3.05, 3.63) is 90.8 Å². The Kier molecular flexibility index (Phi) is 5.33. The van der Waals surface area contributed by atoms with Gasteiger partial charge in [0.15, 0.2) is 9.84 Å². The Balaban J connectivity index is 1.50. The number of imidazole rings is 1. The van der Waals surface area contributed by atoms with Gasteiger partial charge in [-0.25, -0.2) is 13.4 Å². The molecule has 0 unspecified atom stereocenters. The maximum absolute atomic E-state index is 13.4. The molecule has 0 saturated carbocycles. The molecule has 5 rings (SSSR count). The van der Waals surface area contributed by atoms with E-state index in [1.165, 1.54) is 23.5 Å². The summed E-state index contributed by atoms with van der Waals surface area (Å²) < 4.78 is 65.6. The molecule has 0 bridgehead atoms. The first-order chi connectivity index (χ1) is 16.1. The summed E-state index contributed by atoms with van der Waals surface area (Å²) in [5, 5.41) is 0. The van der Waals surface area contributed by atoms with Crippen molar-refractivity contribution >= 4 is 26.8 Å². The lowest BCUT2D eigenvalue weighted by molar-refractivity contribution is -0.137. The molecule has 0 spiro atoms. The first-order valence-electron chi connectivity index (χ1n) is 10.2. The molecular formula is C25H17F3N2O2S2. The van der Waals surface area contributed by atoms with Gasteiger partial charge in [0.1, 0.15) is 5.65 Å². The van der Waals surface area contributed by atoms with E-state index >= 15 is 0 Å². The number of nitrogens with zero attached hydrogens (tertiary/aromatic N) is 2. The molecule has 5 aromatic rings. The van der Waals surface area contributed by atoms with Crippen molar-refractivity contribution in [1.82, 2.24) is 9.38 Å². The summed E-state index contributed by atoms with van der Waals surface area (Å²) in [4.78, 5) is 6.05. The van der Waals surface area contributed by atoms with E-state index in [9.17, 15) is 21.6 Å². The third-order valence-electron chi connectivity index (χ3n) is 5.49. The molecule has 4 nitrogen and oxygen atoms in total. The van der Waals surface area contributed by atoms with Crippen LogP contribution in [0, 0.1) is 0 Å². The highest BCUT2D eigenvalue weighted by Crippen LogP contribution is 2.41. The molecule has 0 radical (unpaired) electrons. The number of halogens is 3. The number of pyridine rings is 1. The van der Waals surface area contributed by atoms with E-state index in [1.807, 2.05) is 22.7 Å². The molecule has 0 saturated heterocycles. The number of sulfone groups is 1. The molecular weight excluding hydrogens is 481 g/mol. The second-order valence-electron chi connectivity index (χ2n) is 7.79. The lowest BCUT2D eigenvalue weighted by Crippen LogP contribution is -2.06. The van der Waals surface area contributed by atoms with Crippen LogP contribution in [0.3, 0.4) is 0 Å². The third-order valence-corrected chi connectivity index (χ3v) is 7.75. The van der Waals surface area contributed by atoms with Gasteiger partial charge in [-0.1, -0.05) is 30.3 Å². The molecule has 3 heterocycles. The predicted octanol–water partition coefficient (Wildman–Crippen LogP) is 6.82. The standard InChI is InChI=1S/C25H17F3N2O2S2/c1-34(31,32)18-8-6-16(7-9-18)17-12-13-30-21(15-29-24(30)14-17)23-11-10-22(33-23)19-4-2-3-5-20(19)25(26,27)28/h2-15H,1H3. The molecule has 34 heavy (non-hydrogen) atoms. The van der Waals surface area contributed by atoms with Crippen molar-refractivity contribution in [3.8, 4) is 32.1 Å². The number of hydrogen-bond donors (Lipinski definition) is 0. The lowest BCUT2D eigenvalue weighted by atomic mass is 10.1. The van der Waals surface area contributed by atoms with Crippen LogP contribution in [0.25, 0.3) is 37.8 Å². The zero-order valence-electron chi connectivity index (χ0n) is 17.7. The Bertz CT molecular complexity index is 1620. The minimum Gasteiger partial charge on any atom is -0.299 e. The summed E-state index contributed by atoms with van der Waals surface area (Å²) in [5.41, 5.74) is 2.66. The number of aromatic nitrogens is 2. The zero-order valence-corrected chi connectivity index (χ0v) is 19.4. The fourth-order valence-electron chi connectivity index (χ4n) is 3.80. The molecule has 0 aliphatic rings. The van der Waals surface area contributed by atoms with Crippen molar-refractivity contribution in [2.45, 2.75) is 11.1 Å². The SMILES string of the molecule is CS(=O)(=O)c1ccc(-c2ccn3c(-c4ccc(-c5ccccc5C(F)(F)F)s4)cnc3c2)cc1. The zero-order chi connectivity index (χ0) is 24.1. The van der Waals surface area contributed by atoms with Crippen molar-refractivity contribution in [2.24, 2.45) is 0 Å². The summed E-state index contributed by atoms with van der Waals surface area (Å²) in [7, 11) is -3.27. The fraction of sp³-hybridized carbons (Fsp3) is 0.0800. The molecule has 3 aromatic heterocycles. The van der Waals surface area contributed by atoms with Gasteiger partial charge in [-0.05, 0) is 53.6 Å². The maximum Gasteiger partial charge on any atom is 0.417 e. The third kappa shape index (κ3) is 4.12. The van der Waals surface area contributed by atoms with Gasteiger partial charge in [-0.2, -0.15) is 13.2 Å². The molecule has 0 amide bonds. The average Bonchev–Trinajstić information content (AvgIpc) is 3.44. The maximum atomic E-state index is 13.4. The summed E-state index contributed by atoms with van der Waals surface area (Å²) in [6.07, 6.45) is 0.273. The largest absolute Gasteiger partial charge is 0.417 e. The summed E-state index contributed by atoms with van der Waals surface area (Å²) >= 11 is 1.28. The van der Waals surface area contributed by atoms with E-state index in [-0.39, 0.29) is 10.5 Å². The lowest BCUT2D eigenvalue weighted by Gasteiger charge is -2.11. The van der Waals surface area contributed by atoms with Crippen molar-refractivity contribution in [2.75, 3.05) is 6.26 Å². The monoisotopic (exact) mass is 498 g/mol. The van der Waals surface area contributed by atoms with E-state index < -0.39 is 21.6 Å². The first kappa shape index (κ1) is 22.4. The van der Waals surface area contributed by atoms with Crippen molar-refractivity contribution in [1.29, 1.82) is 0 Å². The van der Waals surface area contributed by atoms with Gasteiger partial charge in [0.25, 0.3) is 0 Å². The molecule has 0 aliphatic heterocycles. The van der Waals surface area contributed by atoms with Gasteiger partial charge in [-0.15, -0.1) is 11.3 Å². The smallest absolute Gasteiger partial charge is 0.299 e. The van der Waals surface area contributed by atoms with Gasteiger partial charge in [0, 0.05) is 22.9 Å². The summed E-state index contributed by atoms with van der Waals surface area (Å²) in [6, 6.07) is 19.5. The van der Waals surface area contributed by atoms with Crippen LogP contribution in [0.2, 0.25) is 0 Å². The van der Waals surface area contributed by atoms with Crippen LogP contribution in [0.1, 0.15) is 5.56 Å². The Labute approximate surface area is 197 Å². The van der Waals surface area contributed by atoms with Crippen LogP contribution in [-0.4, -0.2) is 24.1 Å². The molecule has 0 aliphatic carbocycles. The summed E-state index contributed by atoms with van der Waals surface area (Å²) in [6.45, 7) is 0. The number of benzene rings is 2. The van der Waals surface area contributed by atoms with Crippen LogP contribution >= 0.6 is 11.3 Å². The van der Waals surface area contributed by atoms with E-state index in [1.54, 1.807) is 48.7 Å². The first-order valence-corrected chi connectivity index (χ1v) is 12.9. The molecule has 172 valence electrons. The van der Waals surface area contributed by atoms with Gasteiger partial charge in [0.2, 0.25) is 0 Å². The molecule has 0 fully saturated rings. The minimum atomic E-state index is -4.43. The van der Waals surface area contributed by atoms with E-state index in [0.717, 1.165) is 34.0 Å². The molecule has 0 atom stereocenters. The van der Waals surface area contributed by atoms with Crippen LogP contribution in [0.15, 0.2) is 90.1 Å². The number of thiophene rings is 1. The van der Waals surface area contributed by atoms with E-state index in [2.05, 4.69) is 4.98 Å². The highest BCUT2D eigenvalue weighted by Gasteiger charge is 2.33. The van der Waals surface area contributed by atoms with Gasteiger partial charge < -0.3 is 0 Å².